The number of hydrogen-bond donors (Lipinski definition) is 2. The minimum Gasteiger partial charge on any atom is -0.379 e. The number of carbonyl (C=O) groups excluding carboxylic acids is 1. The fourth-order valence-electron chi connectivity index (χ4n) is 2.43. The first kappa shape index (κ1) is 14.3. The van der Waals surface area contributed by atoms with Gasteiger partial charge in [0.1, 0.15) is 0 Å². The third kappa shape index (κ3) is 2.37. The van der Waals surface area contributed by atoms with Gasteiger partial charge >= 0.3 is 0 Å². The smallest absolute Gasteiger partial charge is 0.234 e. The number of nitrogens with one attached hydrogen (secondary N) is 1. The maximum absolute atomic E-state index is 12.5. The van der Waals surface area contributed by atoms with Crippen LogP contribution in [0.1, 0.15) is 6.92 Å². The molecule has 5 nitrogen and oxygen atoms in total. The highest BCUT2D eigenvalue weighted by atomic mass is 35.5. The topological polar surface area (TPSA) is 77.2 Å². The molecular formula is C15H16ClN3O2. The van der Waals surface area contributed by atoms with E-state index in [-0.39, 0.29) is 11.9 Å². The molecule has 110 valence electrons. The van der Waals surface area contributed by atoms with Crippen LogP contribution in [-0.2, 0) is 9.53 Å². The average molecular weight is 306 g/mol. The van der Waals surface area contributed by atoms with Crippen molar-refractivity contribution in [2.75, 3.05) is 18.5 Å². The summed E-state index contributed by atoms with van der Waals surface area (Å²) >= 11 is 6.15. The van der Waals surface area contributed by atoms with Gasteiger partial charge < -0.3 is 15.8 Å². The van der Waals surface area contributed by atoms with Crippen molar-refractivity contribution in [1.29, 1.82) is 0 Å². The van der Waals surface area contributed by atoms with E-state index in [2.05, 4.69) is 10.3 Å². The molecule has 1 aliphatic rings. The third-order valence-corrected chi connectivity index (χ3v) is 4.33. The van der Waals surface area contributed by atoms with E-state index >= 15 is 0 Å². The second-order valence-corrected chi connectivity index (χ2v) is 5.89. The average Bonchev–Trinajstić information content (AvgIpc) is 2.83. The van der Waals surface area contributed by atoms with Crippen molar-refractivity contribution in [1.82, 2.24) is 4.98 Å². The molecule has 0 saturated carbocycles. The molecule has 21 heavy (non-hydrogen) atoms. The molecule has 1 aliphatic heterocycles. The number of pyridine rings is 1. The van der Waals surface area contributed by atoms with Crippen molar-refractivity contribution in [3.8, 4) is 0 Å². The number of fused-ring (bicyclic) bond motifs is 1. The number of benzene rings is 1. The van der Waals surface area contributed by atoms with Crippen molar-refractivity contribution >= 4 is 34.1 Å². The van der Waals surface area contributed by atoms with Gasteiger partial charge in [-0.25, -0.2) is 0 Å². The highest BCUT2D eigenvalue weighted by Crippen LogP contribution is 2.32. The highest BCUT2D eigenvalue weighted by molar-refractivity contribution is 6.35. The van der Waals surface area contributed by atoms with E-state index in [9.17, 15) is 4.79 Å². The van der Waals surface area contributed by atoms with Crippen LogP contribution in [0.15, 0.2) is 30.5 Å². The number of halogens is 1. The molecule has 1 aromatic heterocycles. The predicted octanol–water partition coefficient (Wildman–Crippen LogP) is 2.19. The Labute approximate surface area is 127 Å². The fourth-order valence-corrected chi connectivity index (χ4v) is 2.64. The van der Waals surface area contributed by atoms with E-state index in [1.165, 1.54) is 0 Å². The lowest BCUT2D eigenvalue weighted by molar-refractivity contribution is -0.125. The van der Waals surface area contributed by atoms with Crippen molar-refractivity contribution in [3.05, 3.63) is 35.5 Å². The van der Waals surface area contributed by atoms with Crippen LogP contribution in [0, 0.1) is 5.41 Å². The zero-order valence-electron chi connectivity index (χ0n) is 11.6. The summed E-state index contributed by atoms with van der Waals surface area (Å²) in [7, 11) is 0. The van der Waals surface area contributed by atoms with Gasteiger partial charge in [0, 0.05) is 17.6 Å². The summed E-state index contributed by atoms with van der Waals surface area (Å²) < 4.78 is 5.32. The summed E-state index contributed by atoms with van der Waals surface area (Å²) in [6.45, 7) is 2.52. The Hall–Kier alpha value is -1.69. The molecule has 3 N–H and O–H groups in total. The van der Waals surface area contributed by atoms with Crippen LogP contribution in [0.2, 0.25) is 5.02 Å². The van der Waals surface area contributed by atoms with Crippen LogP contribution in [-0.4, -0.2) is 30.1 Å². The van der Waals surface area contributed by atoms with Gasteiger partial charge in [0.15, 0.2) is 0 Å². The second-order valence-electron chi connectivity index (χ2n) is 5.49. The first-order chi connectivity index (χ1) is 10.0. The standard InChI is InChI=1S/C15H16ClN3O2/c1-15(8-21-7-12(15)17)14(20)19-11-5-4-10(16)9-3-2-6-18-13(9)11/h2-6,12H,7-8,17H2,1H3,(H,19,20). The molecule has 0 radical (unpaired) electrons. The Morgan fingerprint density at radius 3 is 3.05 bits per heavy atom. The number of ether oxygens (including phenoxy) is 1. The van der Waals surface area contributed by atoms with Gasteiger partial charge in [-0.15, -0.1) is 0 Å². The molecule has 0 aliphatic carbocycles. The largest absolute Gasteiger partial charge is 0.379 e. The number of rotatable bonds is 2. The van der Waals surface area contributed by atoms with Gasteiger partial charge in [0.05, 0.1) is 34.9 Å². The number of nitrogens with two attached hydrogens (primary N) is 1. The van der Waals surface area contributed by atoms with Gasteiger partial charge in [-0.3, -0.25) is 9.78 Å². The van der Waals surface area contributed by atoms with Gasteiger partial charge in [-0.1, -0.05) is 11.6 Å². The number of amides is 1. The molecule has 1 amide bonds. The third-order valence-electron chi connectivity index (χ3n) is 4.00. The Morgan fingerprint density at radius 1 is 1.52 bits per heavy atom. The van der Waals surface area contributed by atoms with Gasteiger partial charge in [-0.2, -0.15) is 0 Å². The molecule has 2 aromatic rings. The quantitative estimate of drug-likeness (QED) is 0.891. The molecular weight excluding hydrogens is 290 g/mol. The summed E-state index contributed by atoms with van der Waals surface area (Å²) in [6, 6.07) is 6.85. The number of aromatic nitrogens is 1. The Bertz CT molecular complexity index is 706. The molecule has 1 aromatic carbocycles. The molecule has 2 unspecified atom stereocenters. The number of carbonyl (C=O) groups is 1. The van der Waals surface area contributed by atoms with Crippen LogP contribution in [0.4, 0.5) is 5.69 Å². The van der Waals surface area contributed by atoms with E-state index in [0.29, 0.717) is 29.4 Å². The molecule has 0 bridgehead atoms. The molecule has 1 fully saturated rings. The zero-order chi connectivity index (χ0) is 15.0. The molecule has 1 saturated heterocycles. The Kier molecular flexibility index (Phi) is 3.57. The first-order valence-electron chi connectivity index (χ1n) is 6.70. The van der Waals surface area contributed by atoms with Crippen LogP contribution in [0.5, 0.6) is 0 Å². The van der Waals surface area contributed by atoms with Gasteiger partial charge in [-0.05, 0) is 31.2 Å². The van der Waals surface area contributed by atoms with Crippen molar-refractivity contribution in [3.63, 3.8) is 0 Å². The Morgan fingerprint density at radius 2 is 2.33 bits per heavy atom. The summed E-state index contributed by atoms with van der Waals surface area (Å²) in [5, 5.41) is 4.31. The molecule has 3 rings (SSSR count). The lowest BCUT2D eigenvalue weighted by Crippen LogP contribution is -2.47. The molecule has 2 heterocycles. The maximum atomic E-state index is 12.5. The minimum atomic E-state index is -0.735. The number of nitrogens with zero attached hydrogens (tertiary/aromatic N) is 1. The number of hydrogen-bond acceptors (Lipinski definition) is 4. The van der Waals surface area contributed by atoms with Gasteiger partial charge in [0.2, 0.25) is 5.91 Å². The minimum absolute atomic E-state index is 0.165. The number of anilines is 1. The van der Waals surface area contributed by atoms with E-state index < -0.39 is 5.41 Å². The van der Waals surface area contributed by atoms with E-state index in [1.54, 1.807) is 18.3 Å². The van der Waals surface area contributed by atoms with Crippen LogP contribution >= 0.6 is 11.6 Å². The first-order valence-corrected chi connectivity index (χ1v) is 7.08. The second kappa shape index (κ2) is 5.26. The lowest BCUT2D eigenvalue weighted by atomic mass is 9.85. The van der Waals surface area contributed by atoms with Crippen LogP contribution < -0.4 is 11.1 Å². The molecule has 6 heteroatoms. The monoisotopic (exact) mass is 305 g/mol. The van der Waals surface area contributed by atoms with E-state index in [1.807, 2.05) is 19.1 Å². The van der Waals surface area contributed by atoms with Crippen molar-refractivity contribution < 1.29 is 9.53 Å². The summed E-state index contributed by atoms with van der Waals surface area (Å²) in [4.78, 5) is 16.8. The molecule has 0 spiro atoms. The van der Waals surface area contributed by atoms with Crippen molar-refractivity contribution in [2.24, 2.45) is 11.1 Å². The normalized spacial score (nSPS) is 25.2. The maximum Gasteiger partial charge on any atom is 0.234 e. The molecule has 2 atom stereocenters. The lowest BCUT2D eigenvalue weighted by Gasteiger charge is -2.25. The summed E-state index contributed by atoms with van der Waals surface area (Å²) in [5.41, 5.74) is 6.53. The van der Waals surface area contributed by atoms with Crippen molar-refractivity contribution in [2.45, 2.75) is 13.0 Å². The zero-order valence-corrected chi connectivity index (χ0v) is 12.4. The van der Waals surface area contributed by atoms with Gasteiger partial charge in [0.25, 0.3) is 0 Å². The summed E-state index contributed by atoms with van der Waals surface area (Å²) in [6.07, 6.45) is 1.67. The highest BCUT2D eigenvalue weighted by Gasteiger charge is 2.44. The van der Waals surface area contributed by atoms with E-state index in [4.69, 9.17) is 22.1 Å². The fraction of sp³-hybridized carbons (Fsp3) is 0.333. The summed E-state index contributed by atoms with van der Waals surface area (Å²) in [5.74, 6) is -0.165. The Balaban J connectivity index is 1.96. The van der Waals surface area contributed by atoms with E-state index in [0.717, 1.165) is 5.39 Å². The predicted molar refractivity (Wildman–Crippen MR) is 82.3 cm³/mol. The van der Waals surface area contributed by atoms with Crippen LogP contribution in [0.3, 0.4) is 0 Å². The van der Waals surface area contributed by atoms with Crippen LogP contribution in [0.25, 0.3) is 10.9 Å². The SMILES string of the molecule is CC1(C(=O)Nc2ccc(Cl)c3cccnc23)COCC1N.